The van der Waals surface area contributed by atoms with Crippen molar-refractivity contribution in [3.05, 3.63) is 70.8 Å². The lowest BCUT2D eigenvalue weighted by molar-refractivity contribution is 0.205. The maximum absolute atomic E-state index is 9.54. The molecule has 0 heterocycles. The number of rotatable bonds is 4. The number of aliphatic hydroxyl groups is 1. The zero-order chi connectivity index (χ0) is 14.3. The summed E-state index contributed by atoms with van der Waals surface area (Å²) in [6.45, 7) is 1.20. The SMILES string of the molecule is OCC1(CNC2c3ccccc3Cc3ccccc32)CC1. The second-order valence-corrected chi connectivity index (χ2v) is 6.55. The molecule has 0 unspecified atom stereocenters. The lowest BCUT2D eigenvalue weighted by Crippen LogP contribution is -2.33. The molecule has 0 aromatic heterocycles. The average Bonchev–Trinajstić information content (AvgIpc) is 3.32. The van der Waals surface area contributed by atoms with E-state index >= 15 is 0 Å². The van der Waals surface area contributed by atoms with E-state index in [9.17, 15) is 5.11 Å². The first-order valence-corrected chi connectivity index (χ1v) is 7.81. The molecule has 2 aliphatic rings. The van der Waals surface area contributed by atoms with Gasteiger partial charge in [-0.15, -0.1) is 0 Å². The van der Waals surface area contributed by atoms with Gasteiger partial charge in [-0.25, -0.2) is 0 Å². The second-order valence-electron chi connectivity index (χ2n) is 6.55. The second kappa shape index (κ2) is 4.97. The van der Waals surface area contributed by atoms with E-state index < -0.39 is 0 Å². The first-order valence-electron chi connectivity index (χ1n) is 7.81. The van der Waals surface area contributed by atoms with Crippen molar-refractivity contribution < 1.29 is 5.11 Å². The van der Waals surface area contributed by atoms with E-state index in [4.69, 9.17) is 0 Å². The summed E-state index contributed by atoms with van der Waals surface area (Å²) >= 11 is 0. The topological polar surface area (TPSA) is 32.3 Å². The Balaban J connectivity index is 1.68. The van der Waals surface area contributed by atoms with Gasteiger partial charge in [-0.05, 0) is 41.5 Å². The molecule has 0 spiro atoms. The highest BCUT2D eigenvalue weighted by molar-refractivity contribution is 5.48. The summed E-state index contributed by atoms with van der Waals surface area (Å²) in [6.07, 6.45) is 3.31. The Morgan fingerprint density at radius 2 is 1.52 bits per heavy atom. The molecule has 0 radical (unpaired) electrons. The average molecular weight is 279 g/mol. The van der Waals surface area contributed by atoms with Gasteiger partial charge in [0.1, 0.15) is 0 Å². The molecule has 4 rings (SSSR count). The zero-order valence-electron chi connectivity index (χ0n) is 12.2. The standard InChI is InChI=1S/C19H21NO/c21-13-19(9-10-19)12-20-18-16-7-3-1-5-14(16)11-15-6-2-4-8-17(15)18/h1-8,18,20-21H,9-13H2. The Hall–Kier alpha value is -1.64. The molecule has 0 bridgehead atoms. The van der Waals surface area contributed by atoms with Crippen molar-refractivity contribution in [3.63, 3.8) is 0 Å². The summed E-state index contributed by atoms with van der Waals surface area (Å²) in [5, 5.41) is 13.3. The molecule has 0 amide bonds. The number of nitrogens with one attached hydrogen (secondary N) is 1. The van der Waals surface area contributed by atoms with Gasteiger partial charge < -0.3 is 10.4 Å². The summed E-state index contributed by atoms with van der Waals surface area (Å²) in [7, 11) is 0. The van der Waals surface area contributed by atoms with E-state index in [2.05, 4.69) is 53.8 Å². The molecule has 1 fully saturated rings. The molecular weight excluding hydrogens is 258 g/mol. The van der Waals surface area contributed by atoms with E-state index in [-0.39, 0.29) is 11.5 Å². The Labute approximate surface area is 125 Å². The lowest BCUT2D eigenvalue weighted by atomic mass is 9.82. The largest absolute Gasteiger partial charge is 0.396 e. The minimum atomic E-state index is 0.140. The van der Waals surface area contributed by atoms with Crippen LogP contribution in [0.4, 0.5) is 0 Å². The highest BCUT2D eigenvalue weighted by Gasteiger charge is 2.42. The Bertz CT molecular complexity index is 615. The van der Waals surface area contributed by atoms with Gasteiger partial charge in [-0.3, -0.25) is 0 Å². The molecule has 2 N–H and O–H groups in total. The fourth-order valence-corrected chi connectivity index (χ4v) is 3.43. The van der Waals surface area contributed by atoms with Crippen molar-refractivity contribution in [2.24, 2.45) is 5.41 Å². The molecule has 1 saturated carbocycles. The molecule has 0 atom stereocenters. The van der Waals surface area contributed by atoms with Gasteiger partial charge in [0.05, 0.1) is 6.04 Å². The van der Waals surface area contributed by atoms with Gasteiger partial charge >= 0.3 is 0 Å². The Kier molecular flexibility index (Phi) is 3.09. The minimum absolute atomic E-state index is 0.140. The van der Waals surface area contributed by atoms with E-state index in [0.717, 1.165) is 25.8 Å². The third kappa shape index (κ3) is 2.29. The van der Waals surface area contributed by atoms with Crippen LogP contribution in [0, 0.1) is 5.41 Å². The number of fused-ring (bicyclic) bond motifs is 2. The Morgan fingerprint density at radius 1 is 0.952 bits per heavy atom. The summed E-state index contributed by atoms with van der Waals surface area (Å²) in [5.74, 6) is 0. The lowest BCUT2D eigenvalue weighted by Gasteiger charge is -2.30. The minimum Gasteiger partial charge on any atom is -0.396 e. The molecule has 2 aromatic rings. The molecule has 21 heavy (non-hydrogen) atoms. The zero-order valence-corrected chi connectivity index (χ0v) is 12.2. The van der Waals surface area contributed by atoms with Crippen LogP contribution in [-0.2, 0) is 6.42 Å². The summed E-state index contributed by atoms with van der Waals surface area (Å²) in [6, 6.07) is 17.7. The van der Waals surface area contributed by atoms with E-state index in [1.807, 2.05) is 0 Å². The van der Waals surface area contributed by atoms with Gasteiger partial charge in [0.25, 0.3) is 0 Å². The third-order valence-electron chi connectivity index (χ3n) is 5.09. The fourth-order valence-electron chi connectivity index (χ4n) is 3.43. The van der Waals surface area contributed by atoms with Crippen LogP contribution in [0.25, 0.3) is 0 Å². The van der Waals surface area contributed by atoms with E-state index in [0.29, 0.717) is 6.61 Å². The normalized spacial score (nSPS) is 18.9. The highest BCUT2D eigenvalue weighted by atomic mass is 16.3. The molecule has 2 aliphatic carbocycles. The number of aliphatic hydroxyl groups excluding tert-OH is 1. The van der Waals surface area contributed by atoms with Crippen molar-refractivity contribution in [2.75, 3.05) is 13.2 Å². The monoisotopic (exact) mass is 279 g/mol. The van der Waals surface area contributed by atoms with Gasteiger partial charge in [0.15, 0.2) is 0 Å². The molecule has 2 heteroatoms. The number of benzene rings is 2. The first-order chi connectivity index (χ1) is 10.3. The van der Waals surface area contributed by atoms with Gasteiger partial charge in [-0.2, -0.15) is 0 Å². The van der Waals surface area contributed by atoms with Crippen molar-refractivity contribution >= 4 is 0 Å². The predicted octanol–water partition coefficient (Wildman–Crippen LogP) is 3.04. The molecule has 108 valence electrons. The smallest absolute Gasteiger partial charge is 0.0582 e. The van der Waals surface area contributed by atoms with E-state index in [1.54, 1.807) is 0 Å². The van der Waals surface area contributed by atoms with Crippen molar-refractivity contribution in [2.45, 2.75) is 25.3 Å². The fraction of sp³-hybridized carbons (Fsp3) is 0.368. The third-order valence-corrected chi connectivity index (χ3v) is 5.09. The molecule has 2 aromatic carbocycles. The number of hydrogen-bond acceptors (Lipinski definition) is 2. The molecule has 0 aliphatic heterocycles. The van der Waals surface area contributed by atoms with E-state index in [1.165, 1.54) is 22.3 Å². The maximum atomic E-state index is 9.54. The van der Waals surface area contributed by atoms with Crippen LogP contribution >= 0.6 is 0 Å². The molecule has 2 nitrogen and oxygen atoms in total. The summed E-state index contributed by atoms with van der Waals surface area (Å²) < 4.78 is 0. The summed E-state index contributed by atoms with van der Waals surface area (Å²) in [4.78, 5) is 0. The van der Waals surface area contributed by atoms with Crippen LogP contribution in [0.15, 0.2) is 48.5 Å². The van der Waals surface area contributed by atoms with Crippen LogP contribution < -0.4 is 5.32 Å². The van der Waals surface area contributed by atoms with Crippen molar-refractivity contribution in [1.82, 2.24) is 5.32 Å². The van der Waals surface area contributed by atoms with Gasteiger partial charge in [0.2, 0.25) is 0 Å². The Morgan fingerprint density at radius 3 is 2.05 bits per heavy atom. The molecule has 0 saturated heterocycles. The maximum Gasteiger partial charge on any atom is 0.0582 e. The molecular formula is C19H21NO. The number of hydrogen-bond donors (Lipinski definition) is 2. The van der Waals surface area contributed by atoms with Crippen LogP contribution in [0.5, 0.6) is 0 Å². The van der Waals surface area contributed by atoms with Crippen molar-refractivity contribution in [3.8, 4) is 0 Å². The van der Waals surface area contributed by atoms with Crippen molar-refractivity contribution in [1.29, 1.82) is 0 Å². The van der Waals surface area contributed by atoms with Crippen LogP contribution in [0.3, 0.4) is 0 Å². The van der Waals surface area contributed by atoms with Crippen LogP contribution in [0.2, 0.25) is 0 Å². The summed E-state index contributed by atoms with van der Waals surface area (Å²) in [5.41, 5.74) is 5.77. The quantitative estimate of drug-likeness (QED) is 0.901. The van der Waals surface area contributed by atoms with Crippen LogP contribution in [0.1, 0.15) is 41.1 Å². The van der Waals surface area contributed by atoms with Gasteiger partial charge in [-0.1, -0.05) is 48.5 Å². The predicted molar refractivity (Wildman–Crippen MR) is 84.3 cm³/mol. The van der Waals surface area contributed by atoms with Gasteiger partial charge in [0, 0.05) is 18.6 Å². The first kappa shape index (κ1) is 13.1. The highest BCUT2D eigenvalue weighted by Crippen LogP contribution is 2.45. The van der Waals surface area contributed by atoms with Crippen LogP contribution in [-0.4, -0.2) is 18.3 Å².